The number of hydrogen-bond acceptors (Lipinski definition) is 2. The molecule has 1 amide bonds. The number of hydrogen-bond donors (Lipinski definition) is 1. The van der Waals surface area contributed by atoms with Crippen molar-refractivity contribution < 1.29 is 14.5 Å². The first-order chi connectivity index (χ1) is 4.58. The summed E-state index contributed by atoms with van der Waals surface area (Å²) in [7, 11) is 3.79. The van der Waals surface area contributed by atoms with Crippen molar-refractivity contribution in [1.29, 1.82) is 0 Å². The van der Waals surface area contributed by atoms with E-state index < -0.39 is 6.23 Å². The van der Waals surface area contributed by atoms with Crippen LogP contribution in [0.25, 0.3) is 0 Å². The van der Waals surface area contributed by atoms with E-state index in [1.807, 2.05) is 14.1 Å². The van der Waals surface area contributed by atoms with E-state index >= 15 is 0 Å². The number of aliphatic hydroxyl groups is 1. The SMILES string of the molecule is C[N+]1(C)CC[C@H](O)N1C=O. The number of nitrogens with zero attached hydrogens (tertiary/aromatic N) is 2. The molecule has 1 N–H and O–H groups in total. The monoisotopic (exact) mass is 145 g/mol. The van der Waals surface area contributed by atoms with Crippen LogP contribution >= 0.6 is 0 Å². The Bertz CT molecular complexity index is 147. The number of carbonyl (C=O) groups excluding carboxylic acids is 1. The maximum atomic E-state index is 10.4. The van der Waals surface area contributed by atoms with Crippen molar-refractivity contribution in [3.63, 3.8) is 0 Å². The first-order valence-corrected chi connectivity index (χ1v) is 3.33. The summed E-state index contributed by atoms with van der Waals surface area (Å²) in [5, 5.41) is 10.6. The van der Waals surface area contributed by atoms with Crippen LogP contribution in [-0.2, 0) is 4.79 Å². The fraction of sp³-hybridized carbons (Fsp3) is 0.833. The Morgan fingerprint density at radius 2 is 2.30 bits per heavy atom. The highest BCUT2D eigenvalue weighted by atomic mass is 16.3. The summed E-state index contributed by atoms with van der Waals surface area (Å²) in [5.41, 5.74) is 0. The molecule has 4 heteroatoms. The second kappa shape index (κ2) is 2.21. The summed E-state index contributed by atoms with van der Waals surface area (Å²) in [6.07, 6.45) is 0.774. The minimum Gasteiger partial charge on any atom is -0.369 e. The molecule has 0 saturated carbocycles. The number of aliphatic hydroxyl groups excluding tert-OH is 1. The van der Waals surface area contributed by atoms with Gasteiger partial charge in [-0.3, -0.25) is 4.79 Å². The van der Waals surface area contributed by atoms with Gasteiger partial charge in [-0.1, -0.05) is 0 Å². The van der Waals surface area contributed by atoms with Gasteiger partial charge in [-0.25, -0.2) is 4.59 Å². The number of amides is 1. The molecule has 1 saturated heterocycles. The third-order valence-electron chi connectivity index (χ3n) is 1.97. The average molecular weight is 145 g/mol. The fourth-order valence-electron chi connectivity index (χ4n) is 1.24. The predicted molar refractivity (Wildman–Crippen MR) is 35.5 cm³/mol. The van der Waals surface area contributed by atoms with Gasteiger partial charge in [-0.05, 0) is 0 Å². The van der Waals surface area contributed by atoms with Crippen LogP contribution < -0.4 is 0 Å². The standard InChI is InChI=1S/C6H13N2O2/c1-8(2)4-3-6(10)7(8)5-9/h5-6,10H,3-4H2,1-2H3/q+1/t6-/m0/s1. The molecule has 1 fully saturated rings. The van der Waals surface area contributed by atoms with E-state index in [0.29, 0.717) is 17.4 Å². The van der Waals surface area contributed by atoms with E-state index in [1.54, 1.807) is 0 Å². The van der Waals surface area contributed by atoms with Crippen molar-refractivity contribution >= 4 is 6.41 Å². The van der Waals surface area contributed by atoms with Gasteiger partial charge in [-0.15, -0.1) is 0 Å². The van der Waals surface area contributed by atoms with Crippen LogP contribution in [0.15, 0.2) is 0 Å². The molecule has 0 aromatic rings. The Morgan fingerprint density at radius 3 is 2.50 bits per heavy atom. The minimum absolute atomic E-state index is 0.463. The zero-order valence-electron chi connectivity index (χ0n) is 6.32. The summed E-state index contributed by atoms with van der Waals surface area (Å²) < 4.78 is 0.463. The molecular formula is C6H13N2O2+. The molecule has 0 aromatic heterocycles. The van der Waals surface area contributed by atoms with Crippen LogP contribution in [0.3, 0.4) is 0 Å². The molecule has 58 valence electrons. The lowest BCUT2D eigenvalue weighted by Gasteiger charge is -2.30. The summed E-state index contributed by atoms with van der Waals surface area (Å²) in [6, 6.07) is 0. The number of rotatable bonds is 1. The van der Waals surface area contributed by atoms with Crippen LogP contribution in [0.4, 0.5) is 0 Å². The molecule has 0 aliphatic carbocycles. The lowest BCUT2D eigenvalue weighted by atomic mass is 10.4. The second-order valence-corrected chi connectivity index (χ2v) is 3.10. The van der Waals surface area contributed by atoms with Crippen molar-refractivity contribution in [3.8, 4) is 0 Å². The van der Waals surface area contributed by atoms with Crippen LogP contribution in [-0.4, -0.2) is 48.0 Å². The highest BCUT2D eigenvalue weighted by Gasteiger charge is 2.38. The molecular weight excluding hydrogens is 132 g/mol. The van der Waals surface area contributed by atoms with Crippen molar-refractivity contribution in [3.05, 3.63) is 0 Å². The summed E-state index contributed by atoms with van der Waals surface area (Å²) >= 11 is 0. The predicted octanol–water partition coefficient (Wildman–Crippen LogP) is -0.842. The smallest absolute Gasteiger partial charge is 0.258 e. The third-order valence-corrected chi connectivity index (χ3v) is 1.97. The molecule has 0 bridgehead atoms. The van der Waals surface area contributed by atoms with Crippen LogP contribution in [0, 0.1) is 0 Å². The molecule has 0 spiro atoms. The van der Waals surface area contributed by atoms with Gasteiger partial charge in [0.15, 0.2) is 6.23 Å². The van der Waals surface area contributed by atoms with E-state index in [9.17, 15) is 9.90 Å². The Kier molecular flexibility index (Phi) is 1.66. The Labute approximate surface area is 60.2 Å². The molecule has 0 unspecified atom stereocenters. The van der Waals surface area contributed by atoms with Gasteiger partial charge in [0, 0.05) is 6.42 Å². The van der Waals surface area contributed by atoms with Crippen LogP contribution in [0.5, 0.6) is 0 Å². The lowest BCUT2D eigenvalue weighted by molar-refractivity contribution is -0.979. The molecule has 1 atom stereocenters. The van der Waals surface area contributed by atoms with Crippen molar-refractivity contribution in [1.82, 2.24) is 5.01 Å². The highest BCUT2D eigenvalue weighted by molar-refractivity contribution is 5.45. The Hall–Kier alpha value is -0.610. The van der Waals surface area contributed by atoms with Gasteiger partial charge in [0.05, 0.1) is 14.1 Å². The Morgan fingerprint density at radius 1 is 1.70 bits per heavy atom. The minimum atomic E-state index is -0.590. The van der Waals surface area contributed by atoms with E-state index in [1.165, 1.54) is 5.01 Å². The van der Waals surface area contributed by atoms with E-state index in [-0.39, 0.29) is 0 Å². The maximum Gasteiger partial charge on any atom is 0.258 e. The molecule has 1 rings (SSSR count). The van der Waals surface area contributed by atoms with Gasteiger partial charge in [0.25, 0.3) is 6.41 Å². The maximum absolute atomic E-state index is 10.4. The fourth-order valence-corrected chi connectivity index (χ4v) is 1.24. The summed E-state index contributed by atoms with van der Waals surface area (Å²) in [5.74, 6) is 0. The largest absolute Gasteiger partial charge is 0.369 e. The summed E-state index contributed by atoms with van der Waals surface area (Å²) in [4.78, 5) is 10.4. The van der Waals surface area contributed by atoms with E-state index in [4.69, 9.17) is 0 Å². The quantitative estimate of drug-likeness (QED) is 0.386. The molecule has 0 aromatic carbocycles. The van der Waals surface area contributed by atoms with Crippen molar-refractivity contribution in [2.75, 3.05) is 20.6 Å². The number of carbonyl (C=O) groups is 1. The molecule has 10 heavy (non-hydrogen) atoms. The number of quaternary nitrogens is 1. The van der Waals surface area contributed by atoms with Gasteiger partial charge in [-0.2, -0.15) is 5.01 Å². The van der Waals surface area contributed by atoms with Gasteiger partial charge in [0.1, 0.15) is 6.54 Å². The molecule has 1 aliphatic heterocycles. The normalized spacial score (nSPS) is 30.7. The van der Waals surface area contributed by atoms with Gasteiger partial charge < -0.3 is 5.11 Å². The zero-order chi connectivity index (χ0) is 7.78. The Balaban J connectivity index is 2.72. The molecule has 1 heterocycles. The molecule has 0 radical (unpaired) electrons. The van der Waals surface area contributed by atoms with Crippen molar-refractivity contribution in [2.24, 2.45) is 0 Å². The van der Waals surface area contributed by atoms with E-state index in [2.05, 4.69) is 0 Å². The first-order valence-electron chi connectivity index (χ1n) is 3.33. The van der Waals surface area contributed by atoms with Gasteiger partial charge in [0.2, 0.25) is 0 Å². The average Bonchev–Trinajstić information content (AvgIpc) is 2.07. The first kappa shape index (κ1) is 7.50. The molecule has 1 aliphatic rings. The highest BCUT2D eigenvalue weighted by Crippen LogP contribution is 2.18. The topological polar surface area (TPSA) is 40.5 Å². The van der Waals surface area contributed by atoms with Gasteiger partial charge >= 0.3 is 0 Å². The zero-order valence-corrected chi connectivity index (χ0v) is 6.32. The third kappa shape index (κ3) is 0.998. The van der Waals surface area contributed by atoms with Crippen LogP contribution in [0.2, 0.25) is 0 Å². The summed E-state index contributed by atoms with van der Waals surface area (Å²) in [6.45, 7) is 0.819. The van der Waals surface area contributed by atoms with Crippen molar-refractivity contribution in [2.45, 2.75) is 12.6 Å². The van der Waals surface area contributed by atoms with E-state index in [0.717, 1.165) is 6.54 Å². The lowest BCUT2D eigenvalue weighted by Crippen LogP contribution is -2.51. The second-order valence-electron chi connectivity index (χ2n) is 3.10. The molecule has 4 nitrogen and oxygen atoms in total. The van der Waals surface area contributed by atoms with Crippen LogP contribution in [0.1, 0.15) is 6.42 Å².